The van der Waals surface area contributed by atoms with Gasteiger partial charge in [-0.25, -0.2) is 0 Å². The van der Waals surface area contributed by atoms with Crippen LogP contribution in [0, 0.1) is 10.1 Å². The van der Waals surface area contributed by atoms with Gasteiger partial charge >= 0.3 is 5.82 Å². The van der Waals surface area contributed by atoms with Crippen molar-refractivity contribution in [2.75, 3.05) is 23.9 Å². The van der Waals surface area contributed by atoms with Crippen LogP contribution in [0.2, 0.25) is 0 Å². The van der Waals surface area contributed by atoms with E-state index >= 15 is 0 Å². The summed E-state index contributed by atoms with van der Waals surface area (Å²) in [4.78, 5) is 16.4. The Morgan fingerprint density at radius 3 is 2.74 bits per heavy atom. The summed E-state index contributed by atoms with van der Waals surface area (Å²) < 4.78 is 1.62. The molecule has 1 saturated heterocycles. The molecule has 1 fully saturated rings. The number of piperidine rings is 1. The molecule has 0 aliphatic carbocycles. The summed E-state index contributed by atoms with van der Waals surface area (Å²) >= 11 is 5.58. The molecular formula is C11H17ClN4O3. The average Bonchev–Trinajstić information content (AvgIpc) is 2.83. The van der Waals surface area contributed by atoms with Crippen LogP contribution in [0.3, 0.4) is 0 Å². The molecule has 2 rings (SSSR count). The second-order valence-electron chi connectivity index (χ2n) is 4.66. The molecule has 8 heteroatoms. The van der Waals surface area contributed by atoms with E-state index in [1.54, 1.807) is 4.57 Å². The van der Waals surface area contributed by atoms with E-state index in [1.807, 2.05) is 4.90 Å². The zero-order chi connectivity index (χ0) is 13.8. The molecular weight excluding hydrogens is 272 g/mol. The van der Waals surface area contributed by atoms with Gasteiger partial charge in [-0.15, -0.1) is 11.6 Å². The summed E-state index contributed by atoms with van der Waals surface area (Å²) in [6.45, 7) is 1.78. The highest BCUT2D eigenvalue weighted by atomic mass is 35.5. The van der Waals surface area contributed by atoms with E-state index in [1.165, 1.54) is 6.33 Å². The fourth-order valence-electron chi connectivity index (χ4n) is 2.33. The normalized spacial score (nSPS) is 17.5. The third kappa shape index (κ3) is 3.16. The van der Waals surface area contributed by atoms with Crippen molar-refractivity contribution >= 4 is 23.2 Å². The molecule has 106 valence electrons. The molecule has 1 aliphatic heterocycles. The summed E-state index contributed by atoms with van der Waals surface area (Å²) in [5.74, 6) is 0.420. The Balaban J connectivity index is 2.29. The van der Waals surface area contributed by atoms with Gasteiger partial charge in [0.15, 0.2) is 0 Å². The summed E-state index contributed by atoms with van der Waals surface area (Å²) in [6, 6.07) is 0. The van der Waals surface area contributed by atoms with Crippen molar-refractivity contribution in [1.29, 1.82) is 0 Å². The van der Waals surface area contributed by atoms with Crippen LogP contribution in [0.4, 0.5) is 11.6 Å². The molecule has 0 bridgehead atoms. The van der Waals surface area contributed by atoms with E-state index in [2.05, 4.69) is 4.98 Å². The predicted octanol–water partition coefficient (Wildman–Crippen LogP) is 1.38. The van der Waals surface area contributed by atoms with Crippen LogP contribution < -0.4 is 4.90 Å². The van der Waals surface area contributed by atoms with Crippen molar-refractivity contribution < 1.29 is 10.0 Å². The van der Waals surface area contributed by atoms with Gasteiger partial charge < -0.3 is 20.1 Å². The lowest BCUT2D eigenvalue weighted by Gasteiger charge is -2.28. The lowest BCUT2D eigenvalue weighted by molar-refractivity contribution is -0.388. The molecule has 1 aromatic rings. The Morgan fingerprint density at radius 1 is 1.47 bits per heavy atom. The van der Waals surface area contributed by atoms with Crippen molar-refractivity contribution in [2.24, 2.45) is 0 Å². The fraction of sp³-hybridized carbons (Fsp3) is 0.727. The Hall–Kier alpha value is -1.34. The van der Waals surface area contributed by atoms with Crippen LogP contribution in [0.15, 0.2) is 6.33 Å². The number of rotatable bonds is 5. The average molecular weight is 289 g/mol. The molecule has 0 amide bonds. The minimum Gasteiger partial charge on any atom is -0.390 e. The van der Waals surface area contributed by atoms with E-state index in [-0.39, 0.29) is 18.2 Å². The van der Waals surface area contributed by atoms with Gasteiger partial charge in [-0.2, -0.15) is 0 Å². The number of imidazole rings is 1. The molecule has 1 aliphatic rings. The number of aliphatic hydroxyl groups is 1. The Kier molecular flexibility index (Phi) is 4.60. The van der Waals surface area contributed by atoms with Crippen LogP contribution in [-0.4, -0.2) is 44.7 Å². The largest absolute Gasteiger partial charge is 0.406 e. The molecule has 0 radical (unpaired) electrons. The third-order valence-electron chi connectivity index (χ3n) is 3.21. The number of anilines is 1. The van der Waals surface area contributed by atoms with Crippen molar-refractivity contribution in [3.63, 3.8) is 0 Å². The lowest BCUT2D eigenvalue weighted by Crippen LogP contribution is -2.32. The molecule has 7 nitrogen and oxygen atoms in total. The summed E-state index contributed by atoms with van der Waals surface area (Å²) in [5.41, 5.74) is 0. The van der Waals surface area contributed by atoms with Crippen LogP contribution in [0.5, 0.6) is 0 Å². The minimum atomic E-state index is -0.737. The zero-order valence-corrected chi connectivity index (χ0v) is 11.3. The molecule has 0 aromatic carbocycles. The first kappa shape index (κ1) is 14.1. The minimum absolute atomic E-state index is 0.0887. The molecule has 0 spiro atoms. The highest BCUT2D eigenvalue weighted by Gasteiger charge is 2.28. The van der Waals surface area contributed by atoms with Crippen molar-refractivity contribution in [1.82, 2.24) is 9.55 Å². The molecule has 2 heterocycles. The number of nitro groups is 1. The smallest absolute Gasteiger partial charge is 0.390 e. The number of hydrogen-bond acceptors (Lipinski definition) is 5. The van der Waals surface area contributed by atoms with Gasteiger partial charge in [0.2, 0.25) is 12.1 Å². The van der Waals surface area contributed by atoms with Gasteiger partial charge in [0.25, 0.3) is 0 Å². The first-order valence-corrected chi connectivity index (χ1v) is 6.85. The van der Waals surface area contributed by atoms with Crippen molar-refractivity contribution in [2.45, 2.75) is 31.9 Å². The number of hydrogen-bond donors (Lipinski definition) is 1. The number of aliphatic hydroxyl groups excluding tert-OH is 1. The van der Waals surface area contributed by atoms with E-state index in [9.17, 15) is 15.2 Å². The molecule has 1 atom stereocenters. The number of alkyl halides is 1. The van der Waals surface area contributed by atoms with E-state index in [0.29, 0.717) is 5.82 Å². The second kappa shape index (κ2) is 6.21. The standard InChI is InChI=1S/C11H17ClN4O3/c12-6-9(17)7-15-8-13-10(16(18)19)11(15)14-4-2-1-3-5-14/h8-9,17H,1-7H2/t9-/m0/s1. The van der Waals surface area contributed by atoms with Gasteiger partial charge in [-0.1, -0.05) is 0 Å². The molecule has 19 heavy (non-hydrogen) atoms. The van der Waals surface area contributed by atoms with Gasteiger partial charge in [-0.05, 0) is 29.2 Å². The monoisotopic (exact) mass is 288 g/mol. The Morgan fingerprint density at radius 2 is 2.16 bits per heavy atom. The predicted molar refractivity (Wildman–Crippen MR) is 71.7 cm³/mol. The van der Waals surface area contributed by atoms with E-state index < -0.39 is 11.0 Å². The number of halogens is 1. The highest BCUT2D eigenvalue weighted by molar-refractivity contribution is 6.18. The first-order valence-electron chi connectivity index (χ1n) is 6.32. The number of nitrogens with zero attached hydrogens (tertiary/aromatic N) is 4. The Labute approximate surface area is 115 Å². The van der Waals surface area contributed by atoms with Crippen LogP contribution in [0.1, 0.15) is 19.3 Å². The highest BCUT2D eigenvalue weighted by Crippen LogP contribution is 2.29. The maximum atomic E-state index is 11.0. The molecule has 0 saturated carbocycles. The van der Waals surface area contributed by atoms with E-state index in [0.717, 1.165) is 32.4 Å². The molecule has 1 aromatic heterocycles. The quantitative estimate of drug-likeness (QED) is 0.503. The zero-order valence-electron chi connectivity index (χ0n) is 10.5. The summed E-state index contributed by atoms with van der Waals surface area (Å²) in [6.07, 6.45) is 3.83. The van der Waals surface area contributed by atoms with Gasteiger partial charge in [0, 0.05) is 13.1 Å². The fourth-order valence-corrected chi connectivity index (χ4v) is 2.43. The van der Waals surface area contributed by atoms with Gasteiger partial charge in [0.05, 0.1) is 18.5 Å². The maximum Gasteiger partial charge on any atom is 0.406 e. The third-order valence-corrected chi connectivity index (χ3v) is 3.56. The van der Waals surface area contributed by atoms with Crippen molar-refractivity contribution in [3.8, 4) is 0 Å². The van der Waals surface area contributed by atoms with Crippen molar-refractivity contribution in [3.05, 3.63) is 16.4 Å². The second-order valence-corrected chi connectivity index (χ2v) is 4.97. The SMILES string of the molecule is O=[N+]([O-])c1ncn(C[C@@H](O)CCl)c1N1CCCCC1. The summed E-state index contributed by atoms with van der Waals surface area (Å²) in [7, 11) is 0. The van der Waals surface area contributed by atoms with Gasteiger partial charge in [-0.3, -0.25) is 4.57 Å². The van der Waals surface area contributed by atoms with Gasteiger partial charge in [0.1, 0.15) is 0 Å². The summed E-state index contributed by atoms with van der Waals surface area (Å²) in [5, 5.41) is 20.7. The van der Waals surface area contributed by atoms with Crippen LogP contribution in [0.25, 0.3) is 0 Å². The number of aromatic nitrogens is 2. The van der Waals surface area contributed by atoms with Crippen LogP contribution in [-0.2, 0) is 6.54 Å². The first-order chi connectivity index (χ1) is 9.13. The van der Waals surface area contributed by atoms with Crippen LogP contribution >= 0.6 is 11.6 Å². The Bertz CT molecular complexity index is 445. The lowest BCUT2D eigenvalue weighted by atomic mass is 10.1. The molecule has 0 unspecified atom stereocenters. The molecule has 1 N–H and O–H groups in total. The van der Waals surface area contributed by atoms with E-state index in [4.69, 9.17) is 11.6 Å². The maximum absolute atomic E-state index is 11.0. The topological polar surface area (TPSA) is 84.4 Å².